The summed E-state index contributed by atoms with van der Waals surface area (Å²) in [7, 11) is 0. The van der Waals surface area contributed by atoms with Crippen LogP contribution in [0.1, 0.15) is 142 Å². The van der Waals surface area contributed by atoms with Crippen LogP contribution in [-0.2, 0) is 47.1 Å². The van der Waals surface area contributed by atoms with Gasteiger partial charge in [0.15, 0.2) is 0 Å². The van der Waals surface area contributed by atoms with E-state index in [4.69, 9.17) is 0 Å². The standard InChI is InChI=1S/3C10H20O2.Y/c3*1-9(2,3)7-10(4,5)6-8(11)12;/h3*6-7H2,1-5H3,(H,11,12);/q;;;+3/p-3. The summed E-state index contributed by atoms with van der Waals surface area (Å²) in [6, 6.07) is 0. The maximum Gasteiger partial charge on any atom is 3.00 e. The van der Waals surface area contributed by atoms with Gasteiger partial charge in [0.25, 0.3) is 0 Å². The van der Waals surface area contributed by atoms with E-state index in [1.54, 1.807) is 0 Å². The number of carboxylic acids is 3. The van der Waals surface area contributed by atoms with Crippen LogP contribution in [0.3, 0.4) is 0 Å². The molecule has 0 saturated heterocycles. The number of carbonyl (C=O) groups excluding carboxylic acids is 3. The monoisotopic (exact) mass is 602 g/mol. The molecule has 0 unspecified atom stereocenters. The minimum atomic E-state index is -0.954. The molecule has 0 N–H and O–H groups in total. The smallest absolute Gasteiger partial charge is 0.550 e. The van der Waals surface area contributed by atoms with E-state index < -0.39 is 17.9 Å². The second kappa shape index (κ2) is 16.6. The third-order valence-corrected chi connectivity index (χ3v) is 4.90. The van der Waals surface area contributed by atoms with E-state index in [2.05, 4.69) is 62.3 Å². The SMILES string of the molecule is CC(C)(C)CC(C)(C)CC(=O)[O-].CC(C)(C)CC(C)(C)CC(=O)[O-].CC(C)(C)CC(C)(C)CC(=O)[O-].[Y+3]. The Morgan fingerprint density at radius 2 is 0.541 bits per heavy atom. The van der Waals surface area contributed by atoms with Gasteiger partial charge in [0.05, 0.1) is 0 Å². The van der Waals surface area contributed by atoms with Gasteiger partial charge in [-0.25, -0.2) is 0 Å². The zero-order chi connectivity index (χ0) is 30.0. The van der Waals surface area contributed by atoms with Gasteiger partial charge in [0.1, 0.15) is 0 Å². The molecule has 0 bridgehead atoms. The second-order valence-electron chi connectivity index (χ2n) is 16.4. The van der Waals surface area contributed by atoms with Crippen molar-refractivity contribution in [2.75, 3.05) is 0 Å². The predicted molar refractivity (Wildman–Crippen MR) is 142 cm³/mol. The second-order valence-corrected chi connectivity index (χ2v) is 16.4. The molecule has 0 heterocycles. The van der Waals surface area contributed by atoms with Crippen LogP contribution in [0.15, 0.2) is 0 Å². The molecule has 7 heteroatoms. The molecule has 37 heavy (non-hydrogen) atoms. The third kappa shape index (κ3) is 37.7. The molecule has 0 atom stereocenters. The number of carbonyl (C=O) groups is 3. The average Bonchev–Trinajstić information content (AvgIpc) is 2.33. The quantitative estimate of drug-likeness (QED) is 0.375. The van der Waals surface area contributed by atoms with Gasteiger partial charge in [-0.3, -0.25) is 0 Å². The number of hydrogen-bond donors (Lipinski definition) is 0. The van der Waals surface area contributed by atoms with E-state index in [1.165, 1.54) is 0 Å². The van der Waals surface area contributed by atoms with Crippen LogP contribution in [0.5, 0.6) is 0 Å². The molecule has 0 radical (unpaired) electrons. The Labute approximate surface area is 254 Å². The molecule has 0 aromatic carbocycles. The van der Waals surface area contributed by atoms with Crippen LogP contribution < -0.4 is 15.3 Å². The molecule has 0 aliphatic heterocycles. The Kier molecular flexibility index (Phi) is 19.5. The fourth-order valence-electron chi connectivity index (χ4n) is 5.67. The first-order chi connectivity index (χ1) is 15.4. The number of carboxylic acid groups (broad SMARTS) is 3. The molecule has 0 aromatic heterocycles. The van der Waals surface area contributed by atoms with Crippen molar-refractivity contribution < 1.29 is 62.4 Å². The number of rotatable bonds is 9. The molecule has 216 valence electrons. The van der Waals surface area contributed by atoms with Gasteiger partial charge in [-0.15, -0.1) is 0 Å². The summed E-state index contributed by atoms with van der Waals surface area (Å²) in [4.78, 5) is 31.2. The minimum Gasteiger partial charge on any atom is -0.550 e. The van der Waals surface area contributed by atoms with E-state index in [0.29, 0.717) is 0 Å². The van der Waals surface area contributed by atoms with Crippen LogP contribution in [0.25, 0.3) is 0 Å². The number of aliphatic carboxylic acids is 3. The zero-order valence-electron chi connectivity index (χ0n) is 26.8. The maximum atomic E-state index is 10.4. The summed E-state index contributed by atoms with van der Waals surface area (Å²) in [5.74, 6) is -2.86. The number of hydrogen-bond acceptors (Lipinski definition) is 6. The minimum absolute atomic E-state index is 0. The van der Waals surface area contributed by atoms with E-state index in [0.717, 1.165) is 19.3 Å². The Bertz CT molecular complexity index is 591. The fourth-order valence-corrected chi connectivity index (χ4v) is 5.67. The molecule has 0 fully saturated rings. The Morgan fingerprint density at radius 3 is 0.622 bits per heavy atom. The van der Waals surface area contributed by atoms with E-state index in [-0.39, 0.29) is 84.5 Å². The normalized spacial score (nSPS) is 12.7. The van der Waals surface area contributed by atoms with Crippen molar-refractivity contribution in [3.05, 3.63) is 0 Å². The Hall–Kier alpha value is -0.486. The van der Waals surface area contributed by atoms with Crippen molar-refractivity contribution in [3.8, 4) is 0 Å². The first-order valence-electron chi connectivity index (χ1n) is 13.0. The van der Waals surface area contributed by atoms with Gasteiger partial charge < -0.3 is 29.7 Å². The maximum absolute atomic E-state index is 10.4. The van der Waals surface area contributed by atoms with Crippen molar-refractivity contribution in [3.63, 3.8) is 0 Å². The van der Waals surface area contributed by atoms with Crippen LogP contribution in [0.4, 0.5) is 0 Å². The first-order valence-corrected chi connectivity index (χ1v) is 13.0. The van der Waals surface area contributed by atoms with E-state index in [1.807, 2.05) is 41.5 Å². The zero-order valence-corrected chi connectivity index (χ0v) is 29.6. The van der Waals surface area contributed by atoms with Crippen molar-refractivity contribution >= 4 is 17.9 Å². The molecule has 6 nitrogen and oxygen atoms in total. The molecule has 0 amide bonds. The van der Waals surface area contributed by atoms with Crippen LogP contribution >= 0.6 is 0 Å². The van der Waals surface area contributed by atoms with E-state index >= 15 is 0 Å². The Morgan fingerprint density at radius 1 is 0.405 bits per heavy atom. The van der Waals surface area contributed by atoms with Crippen LogP contribution in [0.2, 0.25) is 0 Å². The van der Waals surface area contributed by atoms with Crippen LogP contribution in [0, 0.1) is 32.5 Å². The van der Waals surface area contributed by atoms with Gasteiger partial charge >= 0.3 is 32.7 Å². The summed E-state index contributed by atoms with van der Waals surface area (Å²) in [6.45, 7) is 30.8. The van der Waals surface area contributed by atoms with Crippen molar-refractivity contribution in [1.29, 1.82) is 0 Å². The predicted octanol–water partition coefficient (Wildman–Crippen LogP) is 4.76. The molecular weight excluding hydrogens is 545 g/mol. The fraction of sp³-hybridized carbons (Fsp3) is 0.900. The molecule has 0 aliphatic carbocycles. The summed E-state index contributed by atoms with van der Waals surface area (Å²) in [6.07, 6.45) is 3.12. The molecule has 0 aliphatic rings. The molecule has 0 saturated carbocycles. The van der Waals surface area contributed by atoms with Gasteiger partial charge in [-0.2, -0.15) is 0 Å². The molecule has 0 spiro atoms. The summed E-state index contributed by atoms with van der Waals surface area (Å²) in [5, 5.41) is 31.2. The van der Waals surface area contributed by atoms with Gasteiger partial charge in [0, 0.05) is 17.9 Å². The van der Waals surface area contributed by atoms with Gasteiger partial charge in [-0.05, 0) is 71.0 Å². The largest absolute Gasteiger partial charge is 3.00 e. The average molecular weight is 603 g/mol. The molecule has 0 rings (SSSR count). The molecular formula is C30H57O6Y. The summed E-state index contributed by atoms with van der Waals surface area (Å²) >= 11 is 0. The first kappa shape index (κ1) is 43.6. The van der Waals surface area contributed by atoms with Gasteiger partial charge in [0.2, 0.25) is 0 Å². The third-order valence-electron chi connectivity index (χ3n) is 4.90. The Balaban J connectivity index is -0.000000218. The summed E-state index contributed by atoms with van der Waals surface area (Å²) in [5.41, 5.74) is 0.0715. The van der Waals surface area contributed by atoms with Crippen LogP contribution in [-0.4, -0.2) is 17.9 Å². The van der Waals surface area contributed by atoms with Gasteiger partial charge in [-0.1, -0.05) is 104 Å². The van der Waals surface area contributed by atoms with Crippen molar-refractivity contribution in [2.45, 2.75) is 142 Å². The molecule has 0 aromatic rings. The van der Waals surface area contributed by atoms with Crippen molar-refractivity contribution in [2.24, 2.45) is 32.5 Å². The topological polar surface area (TPSA) is 120 Å². The van der Waals surface area contributed by atoms with Crippen molar-refractivity contribution in [1.82, 2.24) is 0 Å². The van der Waals surface area contributed by atoms with E-state index in [9.17, 15) is 29.7 Å². The summed E-state index contributed by atoms with van der Waals surface area (Å²) < 4.78 is 0.